The highest BCUT2D eigenvalue weighted by molar-refractivity contribution is 7.98. The molecule has 15 heavy (non-hydrogen) atoms. The van der Waals surface area contributed by atoms with Crippen LogP contribution in [-0.4, -0.2) is 22.0 Å². The highest BCUT2D eigenvalue weighted by Crippen LogP contribution is 2.18. The van der Waals surface area contributed by atoms with Gasteiger partial charge in [0.2, 0.25) is 0 Å². The Morgan fingerprint density at radius 3 is 2.93 bits per heavy atom. The van der Waals surface area contributed by atoms with Gasteiger partial charge >= 0.3 is 0 Å². The summed E-state index contributed by atoms with van der Waals surface area (Å²) in [6.07, 6.45) is 2.85. The molecule has 84 valence electrons. The van der Waals surface area contributed by atoms with E-state index in [0.29, 0.717) is 16.3 Å². The maximum Gasteiger partial charge on any atom is 0.124 e. The summed E-state index contributed by atoms with van der Waals surface area (Å²) in [6.45, 7) is 0. The van der Waals surface area contributed by atoms with E-state index < -0.39 is 16.6 Å². The van der Waals surface area contributed by atoms with Crippen LogP contribution in [0.25, 0.3) is 0 Å². The van der Waals surface area contributed by atoms with E-state index in [9.17, 15) is 8.60 Å². The molecular weight excluding hydrogens is 233 g/mol. The number of hydrogen-bond donors (Lipinski definition) is 1. The first-order valence-electron chi connectivity index (χ1n) is 4.57. The number of benzene rings is 1. The lowest BCUT2D eigenvalue weighted by Crippen LogP contribution is -2.03. The Bertz CT molecular complexity index is 357. The van der Waals surface area contributed by atoms with Crippen LogP contribution >= 0.6 is 11.8 Å². The number of anilines is 1. The van der Waals surface area contributed by atoms with Gasteiger partial charge in [-0.1, -0.05) is 0 Å². The molecule has 0 radical (unpaired) electrons. The number of hydrogen-bond acceptors (Lipinski definition) is 3. The van der Waals surface area contributed by atoms with E-state index in [4.69, 9.17) is 5.73 Å². The fraction of sp³-hybridized carbons (Fsp3) is 0.400. The van der Waals surface area contributed by atoms with Gasteiger partial charge < -0.3 is 5.73 Å². The van der Waals surface area contributed by atoms with Gasteiger partial charge in [0, 0.05) is 11.4 Å². The van der Waals surface area contributed by atoms with Crippen molar-refractivity contribution in [1.29, 1.82) is 0 Å². The Labute approximate surface area is 95.9 Å². The van der Waals surface area contributed by atoms with Gasteiger partial charge in [-0.15, -0.1) is 0 Å². The standard InChI is InChI=1S/C10H14FNOS2/c1-14-5-2-6-15(13)10-7-8(11)3-4-9(10)12/h3-4,7H,2,5-6,12H2,1H3. The van der Waals surface area contributed by atoms with Crippen LogP contribution in [0.4, 0.5) is 10.1 Å². The second kappa shape index (κ2) is 6.12. The van der Waals surface area contributed by atoms with Gasteiger partial charge in [0.25, 0.3) is 0 Å². The van der Waals surface area contributed by atoms with Crippen LogP contribution in [0.15, 0.2) is 23.1 Å². The first kappa shape index (κ1) is 12.5. The Morgan fingerprint density at radius 2 is 2.27 bits per heavy atom. The van der Waals surface area contributed by atoms with Crippen molar-refractivity contribution in [1.82, 2.24) is 0 Å². The molecule has 0 aliphatic heterocycles. The normalized spacial score (nSPS) is 12.7. The molecular formula is C10H14FNOS2. The average molecular weight is 247 g/mol. The molecule has 0 aliphatic rings. The third-order valence-electron chi connectivity index (χ3n) is 1.90. The zero-order chi connectivity index (χ0) is 11.3. The Balaban J connectivity index is 2.68. The van der Waals surface area contributed by atoms with Gasteiger partial charge in [0.15, 0.2) is 0 Å². The van der Waals surface area contributed by atoms with Gasteiger partial charge in [0.05, 0.1) is 15.7 Å². The lowest BCUT2D eigenvalue weighted by molar-refractivity contribution is 0.623. The summed E-state index contributed by atoms with van der Waals surface area (Å²) in [7, 11) is -1.19. The molecule has 1 atom stereocenters. The molecule has 0 amide bonds. The molecule has 0 heterocycles. The first-order chi connectivity index (χ1) is 7.15. The van der Waals surface area contributed by atoms with Crippen LogP contribution in [-0.2, 0) is 10.8 Å². The molecule has 0 spiro atoms. The summed E-state index contributed by atoms with van der Waals surface area (Å²) >= 11 is 1.71. The van der Waals surface area contributed by atoms with Crippen molar-refractivity contribution in [2.75, 3.05) is 23.5 Å². The lowest BCUT2D eigenvalue weighted by atomic mass is 10.3. The molecule has 0 saturated carbocycles. The monoisotopic (exact) mass is 247 g/mol. The minimum absolute atomic E-state index is 0.391. The zero-order valence-electron chi connectivity index (χ0n) is 8.53. The summed E-state index contributed by atoms with van der Waals surface area (Å²) in [5, 5.41) is 0. The van der Waals surface area contributed by atoms with E-state index in [1.54, 1.807) is 11.8 Å². The quantitative estimate of drug-likeness (QED) is 0.641. The summed E-state index contributed by atoms with van der Waals surface area (Å²) < 4.78 is 24.6. The van der Waals surface area contributed by atoms with Crippen molar-refractivity contribution in [3.8, 4) is 0 Å². The smallest absolute Gasteiger partial charge is 0.124 e. The van der Waals surface area contributed by atoms with Crippen molar-refractivity contribution in [2.45, 2.75) is 11.3 Å². The van der Waals surface area contributed by atoms with Gasteiger partial charge in [-0.25, -0.2) is 4.39 Å². The minimum Gasteiger partial charge on any atom is -0.398 e. The second-order valence-corrected chi connectivity index (χ2v) is 5.60. The molecule has 5 heteroatoms. The topological polar surface area (TPSA) is 43.1 Å². The molecule has 2 N–H and O–H groups in total. The molecule has 1 aromatic rings. The molecule has 0 aromatic heterocycles. The number of nitrogen functional groups attached to an aromatic ring is 1. The highest BCUT2D eigenvalue weighted by Gasteiger charge is 2.08. The Kier molecular flexibility index (Phi) is 5.11. The summed E-state index contributed by atoms with van der Waals surface area (Å²) in [5.41, 5.74) is 6.03. The maximum absolute atomic E-state index is 12.9. The summed E-state index contributed by atoms with van der Waals surface area (Å²) in [6, 6.07) is 3.99. The molecule has 0 fully saturated rings. The van der Waals surface area contributed by atoms with Crippen molar-refractivity contribution in [2.24, 2.45) is 0 Å². The SMILES string of the molecule is CSCCCS(=O)c1cc(F)ccc1N. The van der Waals surface area contributed by atoms with Crippen molar-refractivity contribution < 1.29 is 8.60 Å². The van der Waals surface area contributed by atoms with Gasteiger partial charge in [0.1, 0.15) is 5.82 Å². The van der Waals surface area contributed by atoms with Crippen LogP contribution in [0.2, 0.25) is 0 Å². The van der Waals surface area contributed by atoms with E-state index in [-0.39, 0.29) is 0 Å². The molecule has 0 bridgehead atoms. The minimum atomic E-state index is -1.19. The summed E-state index contributed by atoms with van der Waals surface area (Å²) in [5.74, 6) is 1.10. The van der Waals surface area contributed by atoms with E-state index in [1.807, 2.05) is 6.26 Å². The molecule has 2 nitrogen and oxygen atoms in total. The van der Waals surface area contributed by atoms with E-state index in [2.05, 4.69) is 0 Å². The van der Waals surface area contributed by atoms with Crippen LogP contribution in [0.5, 0.6) is 0 Å². The molecule has 1 unspecified atom stereocenters. The van der Waals surface area contributed by atoms with Crippen molar-refractivity contribution in [3.05, 3.63) is 24.0 Å². The fourth-order valence-corrected chi connectivity index (χ4v) is 2.97. The van der Waals surface area contributed by atoms with Crippen LogP contribution in [0.3, 0.4) is 0 Å². The van der Waals surface area contributed by atoms with E-state index >= 15 is 0 Å². The predicted molar refractivity (Wildman–Crippen MR) is 65.1 cm³/mol. The van der Waals surface area contributed by atoms with E-state index in [1.165, 1.54) is 18.2 Å². The number of thioether (sulfide) groups is 1. The Hall–Kier alpha value is -0.550. The first-order valence-corrected chi connectivity index (χ1v) is 7.28. The van der Waals surface area contributed by atoms with Gasteiger partial charge in [-0.3, -0.25) is 4.21 Å². The molecule has 0 saturated heterocycles. The fourth-order valence-electron chi connectivity index (χ4n) is 1.15. The van der Waals surface area contributed by atoms with Crippen LogP contribution < -0.4 is 5.73 Å². The largest absolute Gasteiger partial charge is 0.398 e. The van der Waals surface area contributed by atoms with Gasteiger partial charge in [-0.2, -0.15) is 11.8 Å². The molecule has 1 aromatic carbocycles. The summed E-state index contributed by atoms with van der Waals surface area (Å²) in [4.78, 5) is 0.413. The number of rotatable bonds is 5. The third kappa shape index (κ3) is 3.83. The van der Waals surface area contributed by atoms with E-state index in [0.717, 1.165) is 12.2 Å². The van der Waals surface area contributed by atoms with Crippen molar-refractivity contribution >= 4 is 28.2 Å². The lowest BCUT2D eigenvalue weighted by Gasteiger charge is -2.05. The van der Waals surface area contributed by atoms with Crippen molar-refractivity contribution in [3.63, 3.8) is 0 Å². The number of halogens is 1. The average Bonchev–Trinajstić information content (AvgIpc) is 2.22. The molecule has 0 aliphatic carbocycles. The number of nitrogens with two attached hydrogens (primary N) is 1. The molecule has 1 rings (SSSR count). The third-order valence-corrected chi connectivity index (χ3v) is 4.10. The van der Waals surface area contributed by atoms with Crippen LogP contribution in [0.1, 0.15) is 6.42 Å². The Morgan fingerprint density at radius 1 is 1.53 bits per heavy atom. The predicted octanol–water partition coefficient (Wildman–Crippen LogP) is 2.27. The maximum atomic E-state index is 12.9. The highest BCUT2D eigenvalue weighted by atomic mass is 32.2. The zero-order valence-corrected chi connectivity index (χ0v) is 10.2. The van der Waals surface area contributed by atoms with Gasteiger partial charge in [-0.05, 0) is 36.6 Å². The second-order valence-electron chi connectivity index (χ2n) is 3.08. The van der Waals surface area contributed by atoms with Crippen LogP contribution in [0, 0.1) is 5.82 Å².